The number of hydrogen-bond donors (Lipinski definition) is 2. The molecule has 1 aromatic carbocycles. The second-order valence-corrected chi connectivity index (χ2v) is 9.26. The van der Waals surface area contributed by atoms with E-state index < -0.39 is 0 Å². The van der Waals surface area contributed by atoms with Gasteiger partial charge >= 0.3 is 0 Å². The van der Waals surface area contributed by atoms with Crippen molar-refractivity contribution in [2.45, 2.75) is 18.8 Å². The highest BCUT2D eigenvalue weighted by Crippen LogP contribution is 2.37. The van der Waals surface area contributed by atoms with Crippen molar-refractivity contribution in [3.8, 4) is 0 Å². The third kappa shape index (κ3) is 4.39. The summed E-state index contributed by atoms with van der Waals surface area (Å²) in [7, 11) is 0. The molecule has 1 aliphatic carbocycles. The summed E-state index contributed by atoms with van der Waals surface area (Å²) in [5.41, 5.74) is 2.37. The van der Waals surface area contributed by atoms with Gasteiger partial charge in [-0.15, -0.1) is 11.3 Å². The van der Waals surface area contributed by atoms with E-state index in [2.05, 4.69) is 26.6 Å². The van der Waals surface area contributed by atoms with Crippen molar-refractivity contribution >= 4 is 34.6 Å². The lowest BCUT2D eigenvalue weighted by Crippen LogP contribution is -2.48. The molecule has 2 N–H and O–H groups in total. The van der Waals surface area contributed by atoms with Crippen molar-refractivity contribution in [2.75, 3.05) is 49.5 Å². The van der Waals surface area contributed by atoms with Crippen molar-refractivity contribution in [3.63, 3.8) is 0 Å². The Bertz CT molecular complexity index is 1070. The van der Waals surface area contributed by atoms with Gasteiger partial charge in [-0.25, -0.2) is 4.98 Å². The second-order valence-electron chi connectivity index (χ2n) is 8.28. The van der Waals surface area contributed by atoms with Crippen LogP contribution in [0.1, 0.15) is 33.3 Å². The predicted octanol–water partition coefficient (Wildman–Crippen LogP) is 3.31. The summed E-state index contributed by atoms with van der Waals surface area (Å²) in [6.45, 7) is 4.18. The largest absolute Gasteiger partial charge is 0.395 e. The summed E-state index contributed by atoms with van der Waals surface area (Å²) in [4.78, 5) is 28.7. The Hall–Kier alpha value is -2.81. The maximum Gasteiger partial charge on any atom is 0.227 e. The van der Waals surface area contributed by atoms with Crippen LogP contribution in [0.5, 0.6) is 0 Å². The number of ketones is 1. The van der Waals surface area contributed by atoms with E-state index in [4.69, 9.17) is 9.97 Å². The third-order valence-corrected chi connectivity index (χ3v) is 7.21. The molecule has 0 amide bonds. The quantitative estimate of drug-likeness (QED) is 0.598. The number of piperazine rings is 1. The van der Waals surface area contributed by atoms with E-state index in [1.54, 1.807) is 11.3 Å². The predicted molar refractivity (Wildman–Crippen MR) is 127 cm³/mol. The van der Waals surface area contributed by atoms with Gasteiger partial charge in [0.2, 0.25) is 5.95 Å². The number of nitrogens with one attached hydrogen (secondary N) is 1. The fraction of sp³-hybridized carbons (Fsp3) is 0.375. The number of fused-ring (bicyclic) bond motifs is 1. The van der Waals surface area contributed by atoms with E-state index in [0.717, 1.165) is 44.0 Å². The average Bonchev–Trinajstić information content (AvgIpc) is 3.35. The van der Waals surface area contributed by atoms with E-state index in [1.807, 2.05) is 36.4 Å². The first-order chi connectivity index (χ1) is 15.7. The minimum Gasteiger partial charge on any atom is -0.395 e. The summed E-state index contributed by atoms with van der Waals surface area (Å²) < 4.78 is 0. The molecule has 32 heavy (non-hydrogen) atoms. The number of carbonyl (C=O) groups excluding carboxylic acids is 1. The van der Waals surface area contributed by atoms with Gasteiger partial charge in [0.1, 0.15) is 5.82 Å². The van der Waals surface area contributed by atoms with Crippen LogP contribution < -0.4 is 10.2 Å². The van der Waals surface area contributed by atoms with Crippen LogP contribution in [-0.2, 0) is 6.42 Å². The van der Waals surface area contributed by atoms with Crippen molar-refractivity contribution in [1.82, 2.24) is 14.9 Å². The molecule has 1 unspecified atom stereocenters. The number of anilines is 3. The highest BCUT2D eigenvalue weighted by atomic mass is 32.1. The number of hydrogen-bond acceptors (Lipinski definition) is 8. The number of aliphatic hydroxyl groups is 1. The molecule has 0 bridgehead atoms. The lowest BCUT2D eigenvalue weighted by Gasteiger charge is -2.35. The van der Waals surface area contributed by atoms with Gasteiger partial charge in [-0.1, -0.05) is 24.3 Å². The number of Topliss-reactive ketones (excluding diaryl/α,β-unsaturated/α-hetero) is 1. The zero-order valence-corrected chi connectivity index (χ0v) is 18.7. The molecule has 8 heteroatoms. The molecule has 1 saturated heterocycles. The van der Waals surface area contributed by atoms with Gasteiger partial charge in [0.25, 0.3) is 0 Å². The Kier molecular flexibility index (Phi) is 6.16. The topological polar surface area (TPSA) is 81.6 Å². The lowest BCUT2D eigenvalue weighted by atomic mass is 9.85. The number of carbonyl (C=O) groups is 1. The van der Waals surface area contributed by atoms with Crippen LogP contribution >= 0.6 is 11.3 Å². The Morgan fingerprint density at radius 2 is 1.84 bits per heavy atom. The molecule has 1 fully saturated rings. The van der Waals surface area contributed by atoms with E-state index in [1.165, 1.54) is 4.88 Å². The highest BCUT2D eigenvalue weighted by Gasteiger charge is 2.32. The molecule has 0 radical (unpaired) electrons. The van der Waals surface area contributed by atoms with Crippen LogP contribution in [0.3, 0.4) is 0 Å². The monoisotopic (exact) mass is 449 g/mol. The van der Waals surface area contributed by atoms with Crippen molar-refractivity contribution < 1.29 is 9.90 Å². The molecule has 3 aromatic rings. The SMILES string of the molecule is O=C1CC(c2cccs2)Cc2nc(N3CCN(CCO)CC3)nc(Nc3ccccc3)c21. The normalized spacial score (nSPS) is 19.1. The van der Waals surface area contributed by atoms with Gasteiger partial charge in [0.05, 0.1) is 17.9 Å². The molecule has 166 valence electrons. The molecule has 2 aromatic heterocycles. The van der Waals surface area contributed by atoms with Crippen LogP contribution in [0.4, 0.5) is 17.5 Å². The number of nitrogens with zero attached hydrogens (tertiary/aromatic N) is 4. The second kappa shape index (κ2) is 9.36. The third-order valence-electron chi connectivity index (χ3n) is 6.18. The minimum atomic E-state index is 0.0994. The van der Waals surface area contributed by atoms with Gasteiger partial charge in [-0.3, -0.25) is 9.69 Å². The molecule has 0 spiro atoms. The Morgan fingerprint density at radius 3 is 2.56 bits per heavy atom. The molecular weight excluding hydrogens is 422 g/mol. The molecule has 2 aliphatic rings. The van der Waals surface area contributed by atoms with Crippen LogP contribution in [0, 0.1) is 0 Å². The van der Waals surface area contributed by atoms with Gasteiger partial charge in [-0.05, 0) is 30.0 Å². The zero-order chi connectivity index (χ0) is 21.9. The van der Waals surface area contributed by atoms with Gasteiger partial charge in [0.15, 0.2) is 5.78 Å². The number of aromatic nitrogens is 2. The first-order valence-electron chi connectivity index (χ1n) is 11.1. The summed E-state index contributed by atoms with van der Waals surface area (Å²) in [5, 5.41) is 14.7. The van der Waals surface area contributed by atoms with Crippen LogP contribution in [0.15, 0.2) is 47.8 Å². The first-order valence-corrected chi connectivity index (χ1v) is 12.0. The molecule has 0 saturated carbocycles. The average molecular weight is 450 g/mol. The van der Waals surface area contributed by atoms with Crippen LogP contribution in [-0.4, -0.2) is 65.1 Å². The number of thiophene rings is 1. The maximum atomic E-state index is 13.2. The molecule has 5 rings (SSSR count). The van der Waals surface area contributed by atoms with Crippen molar-refractivity contribution in [2.24, 2.45) is 0 Å². The Balaban J connectivity index is 1.49. The molecular formula is C24H27N5O2S. The summed E-state index contributed by atoms with van der Waals surface area (Å²) >= 11 is 1.70. The maximum absolute atomic E-state index is 13.2. The van der Waals surface area contributed by atoms with E-state index in [0.29, 0.717) is 30.3 Å². The van der Waals surface area contributed by atoms with Crippen molar-refractivity contribution in [3.05, 3.63) is 64.0 Å². The Morgan fingerprint density at radius 1 is 1.03 bits per heavy atom. The molecule has 1 atom stereocenters. The molecule has 3 heterocycles. The summed E-state index contributed by atoms with van der Waals surface area (Å²) in [6, 6.07) is 14.0. The standard InChI is InChI=1S/C24H27N5O2S/c30-13-12-28-8-10-29(11-9-28)24-26-19-15-17(21-7-4-14-32-21)16-20(31)22(19)23(27-24)25-18-5-2-1-3-6-18/h1-7,14,17,30H,8-13,15-16H2,(H,25,26,27). The van der Waals surface area contributed by atoms with E-state index in [9.17, 15) is 9.90 Å². The number of β-amino-alcohol motifs (C(OH)–C–C–N with tert-alkyl or cyclic N) is 1. The fourth-order valence-electron chi connectivity index (χ4n) is 4.49. The Labute approximate surface area is 191 Å². The van der Waals surface area contributed by atoms with Crippen LogP contribution in [0.2, 0.25) is 0 Å². The van der Waals surface area contributed by atoms with E-state index in [-0.39, 0.29) is 18.3 Å². The number of benzene rings is 1. The minimum absolute atomic E-state index is 0.0994. The zero-order valence-electron chi connectivity index (χ0n) is 17.9. The molecule has 7 nitrogen and oxygen atoms in total. The highest BCUT2D eigenvalue weighted by molar-refractivity contribution is 7.10. The number of para-hydroxylation sites is 1. The smallest absolute Gasteiger partial charge is 0.227 e. The summed E-state index contributed by atoms with van der Waals surface area (Å²) in [5.74, 6) is 1.54. The van der Waals surface area contributed by atoms with Gasteiger partial charge in [-0.2, -0.15) is 4.98 Å². The fourth-order valence-corrected chi connectivity index (χ4v) is 5.32. The van der Waals surface area contributed by atoms with Crippen LogP contribution in [0.25, 0.3) is 0 Å². The van der Waals surface area contributed by atoms with Gasteiger partial charge in [0, 0.05) is 55.6 Å². The summed E-state index contributed by atoms with van der Waals surface area (Å²) in [6.07, 6.45) is 1.23. The first kappa shape index (κ1) is 21.1. The lowest BCUT2D eigenvalue weighted by molar-refractivity contribution is 0.0964. The van der Waals surface area contributed by atoms with Crippen molar-refractivity contribution in [1.29, 1.82) is 0 Å². The number of aliphatic hydroxyl groups excluding tert-OH is 1. The van der Waals surface area contributed by atoms with Gasteiger partial charge < -0.3 is 15.3 Å². The van der Waals surface area contributed by atoms with E-state index >= 15 is 0 Å². The number of rotatable bonds is 6. The molecule has 1 aliphatic heterocycles.